The Labute approximate surface area is 77.0 Å². The van der Waals surface area contributed by atoms with Gasteiger partial charge in [0.25, 0.3) is 0 Å². The molecule has 4 heteroatoms. The number of pyridine rings is 1. The Morgan fingerprint density at radius 3 is 3.23 bits per heavy atom. The van der Waals surface area contributed by atoms with Crippen LogP contribution in [0.1, 0.15) is 5.56 Å². The van der Waals surface area contributed by atoms with E-state index < -0.39 is 0 Å². The van der Waals surface area contributed by atoms with E-state index in [-0.39, 0.29) is 0 Å². The molecule has 2 aromatic heterocycles. The molecule has 3 nitrogen and oxygen atoms in total. The van der Waals surface area contributed by atoms with Crippen molar-refractivity contribution in [2.45, 2.75) is 6.42 Å². The summed E-state index contributed by atoms with van der Waals surface area (Å²) in [6.07, 6.45) is 3.84. The number of hydrogen-bond acceptors (Lipinski definition) is 2. The first kappa shape index (κ1) is 7.87. The highest BCUT2D eigenvalue weighted by Crippen LogP contribution is 2.08. The van der Waals surface area contributed by atoms with E-state index in [0.29, 0.717) is 11.9 Å². The van der Waals surface area contributed by atoms with Gasteiger partial charge in [0, 0.05) is 11.8 Å². The van der Waals surface area contributed by atoms with E-state index in [4.69, 9.17) is 13.1 Å². The maximum atomic E-state index is 8.55. The van der Waals surface area contributed by atoms with Gasteiger partial charge >= 0.3 is 0 Å². The van der Waals surface area contributed by atoms with E-state index in [2.05, 4.69) is 11.2 Å². The van der Waals surface area contributed by atoms with Gasteiger partial charge in [-0.3, -0.25) is 0 Å². The minimum absolute atomic E-state index is 0.368. The van der Waals surface area contributed by atoms with E-state index in [1.165, 1.54) is 0 Å². The van der Waals surface area contributed by atoms with Crippen molar-refractivity contribution < 1.29 is 0 Å². The standard InChI is InChI=1S/C9H6BN3/c10-8-2-4-13-9(5-8)7(1-3-11)6-12-13/h2,4-6H,1H2. The highest BCUT2D eigenvalue weighted by molar-refractivity contribution is 6.32. The van der Waals surface area contributed by atoms with Gasteiger partial charge in [0.1, 0.15) is 7.85 Å². The molecular formula is C9H6BN3. The first-order chi connectivity index (χ1) is 6.31. The molecule has 13 heavy (non-hydrogen) atoms. The molecule has 0 aliphatic rings. The summed E-state index contributed by atoms with van der Waals surface area (Å²) in [4.78, 5) is 0. The Kier molecular flexibility index (Phi) is 1.78. The first-order valence-corrected chi connectivity index (χ1v) is 3.90. The van der Waals surface area contributed by atoms with Gasteiger partial charge in [-0.2, -0.15) is 10.4 Å². The van der Waals surface area contributed by atoms with Crippen LogP contribution in [0.25, 0.3) is 5.52 Å². The monoisotopic (exact) mass is 167 g/mol. The molecule has 0 saturated carbocycles. The summed E-state index contributed by atoms with van der Waals surface area (Å²) >= 11 is 0. The lowest BCUT2D eigenvalue weighted by atomic mass is 9.97. The van der Waals surface area contributed by atoms with Gasteiger partial charge in [0.2, 0.25) is 0 Å². The minimum Gasteiger partial charge on any atom is -0.241 e. The number of aromatic nitrogens is 2. The van der Waals surface area contributed by atoms with E-state index in [1.807, 2.05) is 6.07 Å². The summed E-state index contributed by atoms with van der Waals surface area (Å²) in [6, 6.07) is 5.68. The summed E-state index contributed by atoms with van der Waals surface area (Å²) in [5.74, 6) is 0. The molecular weight excluding hydrogens is 161 g/mol. The van der Waals surface area contributed by atoms with Gasteiger partial charge in [-0.15, -0.1) is 0 Å². The zero-order valence-electron chi connectivity index (χ0n) is 6.94. The first-order valence-electron chi connectivity index (χ1n) is 3.90. The maximum Gasteiger partial charge on any atom is 0.113 e. The van der Waals surface area contributed by atoms with Crippen molar-refractivity contribution in [3.8, 4) is 6.07 Å². The molecule has 0 fully saturated rings. The second kappa shape index (κ2) is 2.94. The van der Waals surface area contributed by atoms with Gasteiger partial charge in [0.05, 0.1) is 24.2 Å². The molecule has 2 aromatic rings. The lowest BCUT2D eigenvalue weighted by Gasteiger charge is -1.96. The SMILES string of the molecule is [B]c1ccn2ncc(CC#N)c2c1. The number of rotatable bonds is 1. The molecule has 2 radical (unpaired) electrons. The molecule has 0 aromatic carbocycles. The molecule has 0 aliphatic heterocycles. The quantitative estimate of drug-likeness (QED) is 0.569. The number of hydrogen-bond donors (Lipinski definition) is 0. The molecule has 0 unspecified atom stereocenters. The van der Waals surface area contributed by atoms with E-state index >= 15 is 0 Å². The average Bonchev–Trinajstić information content (AvgIpc) is 2.49. The van der Waals surface area contributed by atoms with Crippen LogP contribution in [0.15, 0.2) is 24.5 Å². The second-order valence-electron chi connectivity index (χ2n) is 2.79. The Hall–Kier alpha value is -1.76. The van der Waals surface area contributed by atoms with Crippen molar-refractivity contribution in [2.24, 2.45) is 0 Å². The predicted molar refractivity (Wildman–Crippen MR) is 49.9 cm³/mol. The average molecular weight is 167 g/mol. The molecule has 0 spiro atoms. The highest BCUT2D eigenvalue weighted by atomic mass is 15.2. The normalized spacial score (nSPS) is 10.1. The maximum absolute atomic E-state index is 8.55. The summed E-state index contributed by atoms with van der Waals surface area (Å²) < 4.78 is 1.71. The Bertz CT molecular complexity index is 481. The molecule has 0 bridgehead atoms. The molecule has 0 N–H and O–H groups in total. The van der Waals surface area contributed by atoms with Crippen molar-refractivity contribution in [1.29, 1.82) is 5.26 Å². The molecule has 0 aliphatic carbocycles. The third-order valence-electron chi connectivity index (χ3n) is 1.89. The summed E-state index contributed by atoms with van der Waals surface area (Å²) in [5, 5.41) is 12.6. The Balaban J connectivity index is 2.66. The third kappa shape index (κ3) is 1.29. The lowest BCUT2D eigenvalue weighted by molar-refractivity contribution is 0.963. The van der Waals surface area contributed by atoms with Crippen LogP contribution >= 0.6 is 0 Å². The predicted octanol–water partition coefficient (Wildman–Crippen LogP) is 0.194. The van der Waals surface area contributed by atoms with Crippen molar-refractivity contribution in [3.05, 3.63) is 30.1 Å². The number of nitriles is 1. The molecule has 0 amide bonds. The summed E-state index contributed by atoms with van der Waals surface area (Å²) in [5.41, 5.74) is 2.50. The smallest absolute Gasteiger partial charge is 0.113 e. The zero-order valence-corrected chi connectivity index (χ0v) is 6.94. The van der Waals surface area contributed by atoms with Crippen molar-refractivity contribution >= 4 is 18.8 Å². The van der Waals surface area contributed by atoms with Crippen molar-refractivity contribution in [3.63, 3.8) is 0 Å². The molecule has 0 saturated heterocycles. The van der Waals surface area contributed by atoms with Crippen LogP contribution in [0.5, 0.6) is 0 Å². The Morgan fingerprint density at radius 1 is 1.62 bits per heavy atom. The largest absolute Gasteiger partial charge is 0.241 e. The van der Waals surface area contributed by atoms with Gasteiger partial charge in [0.15, 0.2) is 0 Å². The molecule has 2 rings (SSSR count). The summed E-state index contributed by atoms with van der Waals surface area (Å²) in [7, 11) is 5.62. The fraction of sp³-hybridized carbons (Fsp3) is 0.111. The third-order valence-corrected chi connectivity index (χ3v) is 1.89. The van der Waals surface area contributed by atoms with Crippen LogP contribution in [0.4, 0.5) is 0 Å². The van der Waals surface area contributed by atoms with Crippen LogP contribution < -0.4 is 5.46 Å². The molecule has 0 atom stereocenters. The lowest BCUT2D eigenvalue weighted by Crippen LogP contribution is -2.03. The van der Waals surface area contributed by atoms with Gasteiger partial charge < -0.3 is 0 Å². The molecule has 2 heterocycles. The van der Waals surface area contributed by atoms with Crippen LogP contribution in [-0.2, 0) is 6.42 Å². The topological polar surface area (TPSA) is 41.1 Å². The van der Waals surface area contributed by atoms with Gasteiger partial charge in [-0.1, -0.05) is 11.5 Å². The van der Waals surface area contributed by atoms with Crippen molar-refractivity contribution in [2.75, 3.05) is 0 Å². The Morgan fingerprint density at radius 2 is 2.46 bits per heavy atom. The number of fused-ring (bicyclic) bond motifs is 1. The van der Waals surface area contributed by atoms with E-state index in [9.17, 15) is 0 Å². The second-order valence-corrected chi connectivity index (χ2v) is 2.79. The van der Waals surface area contributed by atoms with Crippen LogP contribution in [0, 0.1) is 11.3 Å². The van der Waals surface area contributed by atoms with Crippen LogP contribution in [0.2, 0.25) is 0 Å². The van der Waals surface area contributed by atoms with E-state index in [0.717, 1.165) is 11.1 Å². The fourth-order valence-electron chi connectivity index (χ4n) is 1.27. The molecule has 60 valence electrons. The summed E-state index contributed by atoms with van der Waals surface area (Å²) in [6.45, 7) is 0. The zero-order chi connectivity index (χ0) is 9.26. The van der Waals surface area contributed by atoms with Crippen molar-refractivity contribution in [1.82, 2.24) is 9.61 Å². The minimum atomic E-state index is 0.368. The van der Waals surface area contributed by atoms with E-state index in [1.54, 1.807) is 23.0 Å². The van der Waals surface area contributed by atoms with Gasteiger partial charge in [-0.05, 0) is 6.07 Å². The van der Waals surface area contributed by atoms with Gasteiger partial charge in [-0.25, -0.2) is 4.52 Å². The number of nitrogens with zero attached hydrogens (tertiary/aromatic N) is 3. The fourth-order valence-corrected chi connectivity index (χ4v) is 1.27. The van der Waals surface area contributed by atoms with Crippen LogP contribution in [-0.4, -0.2) is 17.5 Å². The highest BCUT2D eigenvalue weighted by Gasteiger charge is 2.02. The van der Waals surface area contributed by atoms with Crippen LogP contribution in [0.3, 0.4) is 0 Å².